The summed E-state index contributed by atoms with van der Waals surface area (Å²) >= 11 is 0. The number of hydrogen-bond acceptors (Lipinski definition) is 4. The van der Waals surface area contributed by atoms with Gasteiger partial charge in [0.1, 0.15) is 5.60 Å². The molecule has 12 rings (SSSR count). The van der Waals surface area contributed by atoms with Crippen molar-refractivity contribution in [2.75, 3.05) is 13.1 Å². The van der Waals surface area contributed by atoms with Gasteiger partial charge in [-0.1, -0.05) is 62.4 Å². The number of carbonyl (C=O) groups is 2. The monoisotopic (exact) mass is 621 g/mol. The second-order valence-electron chi connectivity index (χ2n) is 18.6. The van der Waals surface area contributed by atoms with E-state index in [0.29, 0.717) is 24.3 Å². The van der Waals surface area contributed by atoms with Crippen LogP contribution in [0.2, 0.25) is 0 Å². The van der Waals surface area contributed by atoms with Crippen LogP contribution in [0.5, 0.6) is 0 Å². The number of ketones is 1. The van der Waals surface area contributed by atoms with E-state index in [1.807, 2.05) is 30.3 Å². The summed E-state index contributed by atoms with van der Waals surface area (Å²) in [7, 11) is 0. The number of hydrogen-bond donors (Lipinski definition) is 1. The van der Waals surface area contributed by atoms with Crippen molar-refractivity contribution in [1.82, 2.24) is 4.90 Å². The lowest BCUT2D eigenvalue weighted by Crippen LogP contribution is -2.67. The number of aliphatic hydroxyl groups excluding tert-OH is 1. The molecule has 5 nitrogen and oxygen atoms in total. The smallest absolute Gasteiger partial charge is 0.410 e. The highest BCUT2D eigenvalue weighted by Gasteiger charge is 2.76. The van der Waals surface area contributed by atoms with Gasteiger partial charge in [0.25, 0.3) is 0 Å². The number of ether oxygens (including phenoxy) is 1. The van der Waals surface area contributed by atoms with Crippen LogP contribution in [0.3, 0.4) is 0 Å². The third kappa shape index (κ3) is 3.37. The van der Waals surface area contributed by atoms with Crippen molar-refractivity contribution in [3.8, 4) is 0 Å². The fraction of sp³-hybridized carbons (Fsp3) is 0.707. The first-order chi connectivity index (χ1) is 22.0. The molecule has 0 radical (unpaired) electrons. The van der Waals surface area contributed by atoms with Gasteiger partial charge in [-0.05, 0) is 124 Å². The van der Waals surface area contributed by atoms with Crippen molar-refractivity contribution in [2.45, 2.75) is 109 Å². The standard InChI is InChI=1S/C41H51NO4/c1-36-11-8-30(43)22-39(36)14-15-41(31(23-39)34(44)29-6-4-3-5-7-29)32(36)9-12-37(2)33(41)10-13-40(37)25-42(35(45)46-40)24-38-19-26-16-27(20-38)18-28(17-26)21-38/h3-7,14-15,23,26-28,30,32-33,43H,8-13,16-22,24-25H2,1-2H3/t26?,27?,28?,30-,32+,33+,36+,37-,38?,39-,40+,41+/m0/s1. The van der Waals surface area contributed by atoms with Crippen molar-refractivity contribution >= 4 is 11.9 Å². The second-order valence-corrected chi connectivity index (χ2v) is 18.6. The molecule has 0 unspecified atom stereocenters. The van der Waals surface area contributed by atoms with Crippen LogP contribution in [-0.2, 0) is 4.74 Å². The largest absolute Gasteiger partial charge is 0.440 e. The summed E-state index contributed by atoms with van der Waals surface area (Å²) in [6, 6.07) is 9.85. The molecule has 244 valence electrons. The molecule has 8 atom stereocenters. The zero-order valence-electron chi connectivity index (χ0n) is 27.8. The molecular weight excluding hydrogens is 570 g/mol. The minimum Gasteiger partial charge on any atom is -0.440 e. The first-order valence-electron chi connectivity index (χ1n) is 18.7. The van der Waals surface area contributed by atoms with E-state index in [-0.39, 0.29) is 45.6 Å². The Bertz CT molecular complexity index is 1540. The van der Waals surface area contributed by atoms with Gasteiger partial charge in [-0.25, -0.2) is 4.79 Å². The number of carbonyl (C=O) groups excluding carboxylic acids is 2. The SMILES string of the molecule is C[C@]12CC[C@H]3[C@]4(C=C[C@@]5(C=C4C(=O)c4ccccc4)C[C@@H](O)CC[C@]35C)[C@@H]1CC[C@@]21CN(CC23CC4CC(CC(C4)C2)C3)C(=O)O1. The number of nitrogens with zero attached hydrogens (tertiary/aromatic N) is 1. The summed E-state index contributed by atoms with van der Waals surface area (Å²) < 4.78 is 6.74. The van der Waals surface area contributed by atoms with Crippen molar-refractivity contribution in [3.05, 3.63) is 59.7 Å². The highest BCUT2D eigenvalue weighted by molar-refractivity contribution is 6.10. The third-order valence-corrected chi connectivity index (χ3v) is 16.6. The molecule has 1 aliphatic heterocycles. The molecule has 6 bridgehead atoms. The lowest BCUT2D eigenvalue weighted by molar-refractivity contribution is -0.164. The maximum absolute atomic E-state index is 14.7. The zero-order valence-corrected chi connectivity index (χ0v) is 27.8. The zero-order chi connectivity index (χ0) is 31.3. The molecule has 7 saturated carbocycles. The lowest BCUT2D eigenvalue weighted by Gasteiger charge is -2.71. The summed E-state index contributed by atoms with van der Waals surface area (Å²) in [5.41, 5.74) is 0.615. The summed E-state index contributed by atoms with van der Waals surface area (Å²) in [5.74, 6) is 3.31. The molecule has 1 aromatic carbocycles. The van der Waals surface area contributed by atoms with E-state index in [2.05, 4.69) is 37.0 Å². The van der Waals surface area contributed by atoms with Crippen LogP contribution in [0.25, 0.3) is 0 Å². The Balaban J connectivity index is 1.03. The Labute approximate surface area is 274 Å². The van der Waals surface area contributed by atoms with Crippen molar-refractivity contribution in [3.63, 3.8) is 0 Å². The van der Waals surface area contributed by atoms with E-state index < -0.39 is 5.60 Å². The van der Waals surface area contributed by atoms with Crippen molar-refractivity contribution in [2.24, 2.45) is 56.7 Å². The maximum Gasteiger partial charge on any atom is 0.410 e. The molecule has 3 spiro atoms. The van der Waals surface area contributed by atoms with Gasteiger partial charge in [0, 0.05) is 33.9 Å². The van der Waals surface area contributed by atoms with Crippen LogP contribution in [-0.4, -0.2) is 46.7 Å². The van der Waals surface area contributed by atoms with Gasteiger partial charge in [-0.15, -0.1) is 0 Å². The predicted molar refractivity (Wildman–Crippen MR) is 176 cm³/mol. The number of Topliss-reactive ketones (excluding diaryl/α,β-unsaturated/α-hetero) is 1. The number of allylic oxidation sites excluding steroid dienone is 4. The van der Waals surface area contributed by atoms with Crippen LogP contribution >= 0.6 is 0 Å². The van der Waals surface area contributed by atoms with Gasteiger partial charge in [0.15, 0.2) is 5.78 Å². The molecular formula is C41H51NO4. The number of rotatable bonds is 4. The molecule has 1 heterocycles. The molecule has 5 heteroatoms. The van der Waals surface area contributed by atoms with Crippen LogP contribution in [0.1, 0.15) is 108 Å². The van der Waals surface area contributed by atoms with E-state index in [1.54, 1.807) is 0 Å². The minimum atomic E-state index is -0.499. The van der Waals surface area contributed by atoms with E-state index in [4.69, 9.17) is 4.74 Å². The predicted octanol–water partition coefficient (Wildman–Crippen LogP) is 8.14. The van der Waals surface area contributed by atoms with Crippen LogP contribution < -0.4 is 0 Å². The molecule has 1 N–H and O–H groups in total. The molecule has 46 heavy (non-hydrogen) atoms. The molecule has 0 aromatic heterocycles. The molecule has 1 aromatic rings. The highest BCUT2D eigenvalue weighted by Crippen LogP contribution is 2.79. The maximum atomic E-state index is 14.7. The Kier molecular flexibility index (Phi) is 5.58. The first-order valence-corrected chi connectivity index (χ1v) is 18.7. The molecule has 11 aliphatic rings. The Morgan fingerprint density at radius 2 is 1.52 bits per heavy atom. The molecule has 8 fully saturated rings. The van der Waals surface area contributed by atoms with Gasteiger partial charge < -0.3 is 14.7 Å². The fourth-order valence-electron chi connectivity index (χ4n) is 15.1. The average Bonchev–Trinajstić information content (AvgIpc) is 3.50. The number of aliphatic hydroxyl groups is 1. The van der Waals surface area contributed by atoms with Gasteiger partial charge >= 0.3 is 6.09 Å². The molecule has 1 saturated heterocycles. The molecule has 10 aliphatic carbocycles. The second kappa shape index (κ2) is 8.98. The third-order valence-electron chi connectivity index (χ3n) is 16.6. The minimum absolute atomic E-state index is 0.00454. The van der Waals surface area contributed by atoms with Gasteiger partial charge in [0.2, 0.25) is 0 Å². The van der Waals surface area contributed by atoms with E-state index in [0.717, 1.165) is 74.0 Å². The Hall–Kier alpha value is -2.40. The number of amides is 1. The topological polar surface area (TPSA) is 66.8 Å². The van der Waals surface area contributed by atoms with E-state index in [1.165, 1.54) is 38.5 Å². The van der Waals surface area contributed by atoms with Gasteiger partial charge in [-0.2, -0.15) is 0 Å². The van der Waals surface area contributed by atoms with Crippen molar-refractivity contribution < 1.29 is 19.4 Å². The van der Waals surface area contributed by atoms with Gasteiger partial charge in [0.05, 0.1) is 12.6 Å². The summed E-state index contributed by atoms with van der Waals surface area (Å²) in [6.07, 6.45) is 21.4. The van der Waals surface area contributed by atoms with Crippen LogP contribution in [0.4, 0.5) is 4.79 Å². The normalized spacial score (nSPS) is 52.4. The van der Waals surface area contributed by atoms with Crippen LogP contribution in [0, 0.1) is 56.7 Å². The number of benzene rings is 1. The van der Waals surface area contributed by atoms with E-state index in [9.17, 15) is 14.7 Å². The highest BCUT2D eigenvalue weighted by atomic mass is 16.6. The lowest BCUT2D eigenvalue weighted by atomic mass is 9.32. The summed E-state index contributed by atoms with van der Waals surface area (Å²) in [6.45, 7) is 6.49. The Morgan fingerprint density at radius 3 is 2.24 bits per heavy atom. The Morgan fingerprint density at radius 1 is 0.870 bits per heavy atom. The number of fused-ring (bicyclic) bond motifs is 2. The van der Waals surface area contributed by atoms with Crippen molar-refractivity contribution in [1.29, 1.82) is 0 Å². The van der Waals surface area contributed by atoms with E-state index >= 15 is 0 Å². The van der Waals surface area contributed by atoms with Gasteiger partial charge in [-0.3, -0.25) is 4.79 Å². The fourth-order valence-corrected chi connectivity index (χ4v) is 15.1. The average molecular weight is 622 g/mol. The summed E-state index contributed by atoms with van der Waals surface area (Å²) in [5, 5.41) is 11.0. The summed E-state index contributed by atoms with van der Waals surface area (Å²) in [4.78, 5) is 30.8. The van der Waals surface area contributed by atoms with Crippen LogP contribution in [0.15, 0.2) is 54.1 Å². The molecule has 1 amide bonds. The quantitative estimate of drug-likeness (QED) is 0.272. The first kappa shape index (κ1) is 28.6.